The summed E-state index contributed by atoms with van der Waals surface area (Å²) in [5.41, 5.74) is 6.25. The summed E-state index contributed by atoms with van der Waals surface area (Å²) < 4.78 is 30.1. The number of hydrogen-bond donors (Lipinski definition) is 1. The molecule has 1 aromatic rings. The van der Waals surface area contributed by atoms with E-state index in [1.165, 1.54) is 0 Å². The lowest BCUT2D eigenvalue weighted by molar-refractivity contribution is 0.336. The minimum Gasteiger partial charge on any atom is -0.490 e. The summed E-state index contributed by atoms with van der Waals surface area (Å²) in [5.74, 6) is 0.552. The Bertz CT molecular complexity index is 506. The van der Waals surface area contributed by atoms with E-state index in [1.54, 1.807) is 26.0 Å². The molecule has 0 amide bonds. The zero-order chi connectivity index (χ0) is 13.9. The number of sulfone groups is 1. The lowest BCUT2D eigenvalue weighted by atomic mass is 10.3. The highest BCUT2D eigenvalue weighted by atomic mass is 79.9. The molecule has 2 N–H and O–H groups in total. The van der Waals surface area contributed by atoms with Gasteiger partial charge in [0.15, 0.2) is 9.84 Å². The number of rotatable bonds is 5. The van der Waals surface area contributed by atoms with Gasteiger partial charge in [-0.3, -0.25) is 0 Å². The fourth-order valence-electron chi connectivity index (χ4n) is 1.21. The molecule has 7 heteroatoms. The number of nitrogen functional groups attached to an aromatic ring is 1. The van der Waals surface area contributed by atoms with Gasteiger partial charge in [0, 0.05) is 5.69 Å². The third-order valence-corrected chi connectivity index (χ3v) is 5.70. The van der Waals surface area contributed by atoms with E-state index in [9.17, 15) is 8.42 Å². The molecule has 0 saturated carbocycles. The molecule has 102 valence electrons. The van der Waals surface area contributed by atoms with Crippen LogP contribution < -0.4 is 10.5 Å². The van der Waals surface area contributed by atoms with Crippen LogP contribution >= 0.6 is 31.9 Å². The van der Waals surface area contributed by atoms with Crippen LogP contribution in [-0.4, -0.2) is 26.0 Å². The van der Waals surface area contributed by atoms with Crippen molar-refractivity contribution in [1.29, 1.82) is 0 Å². The van der Waals surface area contributed by atoms with Crippen molar-refractivity contribution in [3.05, 3.63) is 21.1 Å². The molecule has 0 bridgehead atoms. The van der Waals surface area contributed by atoms with E-state index in [4.69, 9.17) is 10.5 Å². The van der Waals surface area contributed by atoms with Crippen LogP contribution in [0.1, 0.15) is 13.8 Å². The zero-order valence-electron chi connectivity index (χ0n) is 10.1. The first kappa shape index (κ1) is 15.8. The molecule has 0 spiro atoms. The Kier molecular flexibility index (Phi) is 5.48. The van der Waals surface area contributed by atoms with Gasteiger partial charge >= 0.3 is 0 Å². The monoisotopic (exact) mass is 399 g/mol. The smallest absolute Gasteiger partial charge is 0.155 e. The van der Waals surface area contributed by atoms with Crippen molar-refractivity contribution in [2.75, 3.05) is 18.1 Å². The Balaban J connectivity index is 2.71. The molecule has 0 fully saturated rings. The van der Waals surface area contributed by atoms with Crippen molar-refractivity contribution in [1.82, 2.24) is 0 Å². The van der Waals surface area contributed by atoms with Crippen LogP contribution in [0.5, 0.6) is 5.75 Å². The molecule has 0 atom stereocenters. The van der Waals surface area contributed by atoms with Crippen molar-refractivity contribution in [3.63, 3.8) is 0 Å². The molecule has 0 aliphatic rings. The maximum atomic E-state index is 11.6. The lowest BCUT2D eigenvalue weighted by Crippen LogP contribution is -2.22. The molecular formula is C11H15Br2NO3S. The molecule has 18 heavy (non-hydrogen) atoms. The van der Waals surface area contributed by atoms with Crippen molar-refractivity contribution in [2.45, 2.75) is 19.1 Å². The molecule has 0 heterocycles. The molecule has 0 aromatic heterocycles. The van der Waals surface area contributed by atoms with Gasteiger partial charge < -0.3 is 10.5 Å². The van der Waals surface area contributed by atoms with E-state index >= 15 is 0 Å². The molecule has 4 nitrogen and oxygen atoms in total. The number of nitrogens with two attached hydrogens (primary N) is 1. The normalized spacial score (nSPS) is 11.8. The van der Waals surface area contributed by atoms with Crippen molar-refractivity contribution >= 4 is 47.4 Å². The summed E-state index contributed by atoms with van der Waals surface area (Å²) in [5, 5.41) is -0.389. The van der Waals surface area contributed by atoms with Gasteiger partial charge in [0.2, 0.25) is 0 Å². The van der Waals surface area contributed by atoms with Gasteiger partial charge in [-0.1, -0.05) is 0 Å². The van der Waals surface area contributed by atoms with Crippen LogP contribution in [0.25, 0.3) is 0 Å². The molecule has 1 aromatic carbocycles. The van der Waals surface area contributed by atoms with E-state index in [2.05, 4.69) is 31.9 Å². The third-order valence-electron chi connectivity index (χ3n) is 2.35. The summed E-state index contributed by atoms with van der Waals surface area (Å²) in [7, 11) is -3.08. The van der Waals surface area contributed by atoms with Gasteiger partial charge in [0.05, 0.1) is 19.9 Å². The van der Waals surface area contributed by atoms with E-state index < -0.39 is 9.84 Å². The van der Waals surface area contributed by atoms with E-state index in [0.29, 0.717) is 20.4 Å². The van der Waals surface area contributed by atoms with Crippen LogP contribution in [0.2, 0.25) is 0 Å². The highest BCUT2D eigenvalue weighted by molar-refractivity contribution is 9.11. The summed E-state index contributed by atoms with van der Waals surface area (Å²) in [6.45, 7) is 3.43. The van der Waals surface area contributed by atoms with E-state index in [-0.39, 0.29) is 17.6 Å². The largest absolute Gasteiger partial charge is 0.490 e. The quantitative estimate of drug-likeness (QED) is 0.771. The number of hydrogen-bond acceptors (Lipinski definition) is 4. The van der Waals surface area contributed by atoms with Gasteiger partial charge in [-0.2, -0.15) is 0 Å². The van der Waals surface area contributed by atoms with Crippen LogP contribution in [0.3, 0.4) is 0 Å². The second kappa shape index (κ2) is 6.25. The van der Waals surface area contributed by atoms with Gasteiger partial charge in [-0.25, -0.2) is 8.42 Å². The van der Waals surface area contributed by atoms with Crippen LogP contribution in [0.4, 0.5) is 5.69 Å². The van der Waals surface area contributed by atoms with Gasteiger partial charge in [0.1, 0.15) is 12.4 Å². The molecule has 0 unspecified atom stereocenters. The molecule has 1 rings (SSSR count). The first-order valence-corrected chi connectivity index (χ1v) is 8.63. The zero-order valence-corrected chi connectivity index (χ0v) is 14.1. The molecular weight excluding hydrogens is 386 g/mol. The maximum Gasteiger partial charge on any atom is 0.155 e. The Labute approximate surface area is 124 Å². The van der Waals surface area contributed by atoms with Crippen LogP contribution in [0, 0.1) is 0 Å². The second-order valence-corrected chi connectivity index (χ2v) is 8.46. The number of anilines is 1. The van der Waals surface area contributed by atoms with Crippen molar-refractivity contribution in [3.8, 4) is 5.75 Å². The second-order valence-electron chi connectivity index (χ2n) is 4.08. The van der Waals surface area contributed by atoms with Crippen LogP contribution in [-0.2, 0) is 9.84 Å². The third kappa shape index (κ3) is 4.13. The summed E-state index contributed by atoms with van der Waals surface area (Å²) in [4.78, 5) is 0. The Morgan fingerprint density at radius 1 is 1.28 bits per heavy atom. The fourth-order valence-corrected chi connectivity index (χ4v) is 3.45. The fraction of sp³-hybridized carbons (Fsp3) is 0.455. The number of benzene rings is 1. The Morgan fingerprint density at radius 2 is 1.78 bits per heavy atom. The van der Waals surface area contributed by atoms with E-state index in [1.807, 2.05) is 0 Å². The number of halogens is 2. The first-order chi connectivity index (χ1) is 8.24. The minimum absolute atomic E-state index is 0.00603. The van der Waals surface area contributed by atoms with Crippen molar-refractivity contribution in [2.24, 2.45) is 0 Å². The molecule has 0 saturated heterocycles. The first-order valence-electron chi connectivity index (χ1n) is 5.33. The lowest BCUT2D eigenvalue weighted by Gasteiger charge is -2.12. The van der Waals surface area contributed by atoms with Crippen molar-refractivity contribution < 1.29 is 13.2 Å². The highest BCUT2D eigenvalue weighted by Gasteiger charge is 2.17. The minimum atomic E-state index is -3.08. The predicted molar refractivity (Wildman–Crippen MR) is 80.7 cm³/mol. The summed E-state index contributed by atoms with van der Waals surface area (Å²) in [6, 6.07) is 3.41. The van der Waals surface area contributed by atoms with Crippen LogP contribution in [0.15, 0.2) is 21.1 Å². The van der Waals surface area contributed by atoms with Gasteiger partial charge in [0.25, 0.3) is 0 Å². The topological polar surface area (TPSA) is 69.4 Å². The van der Waals surface area contributed by atoms with Gasteiger partial charge in [-0.05, 0) is 57.8 Å². The number of ether oxygens (including phenoxy) is 1. The standard InChI is InChI=1S/C11H15Br2NO3S/c1-7(2)18(15,16)4-3-17-11-9(12)5-8(14)6-10(11)13/h5-7H,3-4,14H2,1-2H3. The Hall–Kier alpha value is -0.270. The predicted octanol–water partition coefficient (Wildman–Crippen LogP) is 3.00. The van der Waals surface area contributed by atoms with E-state index in [0.717, 1.165) is 0 Å². The average molecular weight is 401 g/mol. The molecule has 0 aliphatic carbocycles. The summed E-state index contributed by atoms with van der Waals surface area (Å²) in [6.07, 6.45) is 0. The Morgan fingerprint density at radius 3 is 2.22 bits per heavy atom. The van der Waals surface area contributed by atoms with Gasteiger partial charge in [-0.15, -0.1) is 0 Å². The highest BCUT2D eigenvalue weighted by Crippen LogP contribution is 2.35. The summed E-state index contributed by atoms with van der Waals surface area (Å²) >= 11 is 6.65. The molecule has 0 aliphatic heterocycles. The molecule has 0 radical (unpaired) electrons. The maximum absolute atomic E-state index is 11.6. The SMILES string of the molecule is CC(C)S(=O)(=O)CCOc1c(Br)cc(N)cc1Br. The average Bonchev–Trinajstić information content (AvgIpc) is 2.21.